The number of aromatic amines is 1. The molecule has 1 amide bonds. The number of nitrogens with two attached hydrogens (primary N) is 1. The molecule has 0 saturated carbocycles. The molecular formula is C11H10N4OS. The molecule has 0 saturated heterocycles. The van der Waals surface area contributed by atoms with Crippen molar-refractivity contribution in [1.82, 2.24) is 10.2 Å². The van der Waals surface area contributed by atoms with E-state index < -0.39 is 0 Å². The number of amides is 1. The van der Waals surface area contributed by atoms with Crippen LogP contribution in [0.2, 0.25) is 0 Å². The van der Waals surface area contributed by atoms with Crippen LogP contribution in [0.4, 0.5) is 5.69 Å². The topological polar surface area (TPSA) is 83.8 Å². The number of benzene rings is 1. The second-order valence-electron chi connectivity index (χ2n) is 3.33. The molecule has 0 bridgehead atoms. The summed E-state index contributed by atoms with van der Waals surface area (Å²) in [6, 6.07) is 8.68. The van der Waals surface area contributed by atoms with Gasteiger partial charge in [-0.2, -0.15) is 5.10 Å². The van der Waals surface area contributed by atoms with E-state index in [0.717, 1.165) is 0 Å². The van der Waals surface area contributed by atoms with Gasteiger partial charge in [0.2, 0.25) is 0 Å². The third-order valence-corrected chi connectivity index (χ3v) is 2.41. The Bertz CT molecular complexity index is 550. The molecule has 0 radical (unpaired) electrons. The molecule has 0 unspecified atom stereocenters. The molecule has 2 rings (SSSR count). The van der Waals surface area contributed by atoms with Crippen LogP contribution in [0.25, 0.3) is 0 Å². The summed E-state index contributed by atoms with van der Waals surface area (Å²) in [6.07, 6.45) is 1.51. The highest BCUT2D eigenvalue weighted by atomic mass is 32.1. The number of carbonyl (C=O) groups excluding carboxylic acids is 1. The highest BCUT2D eigenvalue weighted by molar-refractivity contribution is 7.80. The van der Waals surface area contributed by atoms with E-state index >= 15 is 0 Å². The number of rotatable bonds is 3. The number of hydrogen-bond acceptors (Lipinski definition) is 3. The van der Waals surface area contributed by atoms with Crippen molar-refractivity contribution in [3.05, 3.63) is 47.8 Å². The lowest BCUT2D eigenvalue weighted by Crippen LogP contribution is -2.17. The van der Waals surface area contributed by atoms with Crippen molar-refractivity contribution in [3.63, 3.8) is 0 Å². The summed E-state index contributed by atoms with van der Waals surface area (Å²) in [5.74, 6) is -0.286. The molecule has 5 nitrogen and oxygen atoms in total. The normalized spacial score (nSPS) is 9.88. The maximum atomic E-state index is 11.8. The third kappa shape index (κ3) is 2.48. The largest absolute Gasteiger partial charge is 0.389 e. The van der Waals surface area contributed by atoms with Gasteiger partial charge in [-0.15, -0.1) is 0 Å². The second-order valence-corrected chi connectivity index (χ2v) is 3.77. The maximum Gasteiger partial charge on any atom is 0.273 e. The van der Waals surface area contributed by atoms with Gasteiger partial charge < -0.3 is 11.1 Å². The van der Waals surface area contributed by atoms with Gasteiger partial charge in [0, 0.05) is 11.8 Å². The van der Waals surface area contributed by atoms with Crippen LogP contribution in [0.15, 0.2) is 36.5 Å². The van der Waals surface area contributed by atoms with Gasteiger partial charge in [0.1, 0.15) is 10.7 Å². The first kappa shape index (κ1) is 11.3. The fourth-order valence-electron chi connectivity index (χ4n) is 1.38. The Morgan fingerprint density at radius 1 is 1.35 bits per heavy atom. The lowest BCUT2D eigenvalue weighted by molar-refractivity contribution is 0.102. The Kier molecular flexibility index (Phi) is 3.15. The Hall–Kier alpha value is -2.21. The van der Waals surface area contributed by atoms with E-state index in [4.69, 9.17) is 18.0 Å². The van der Waals surface area contributed by atoms with Crippen LogP contribution < -0.4 is 11.1 Å². The smallest absolute Gasteiger partial charge is 0.273 e. The molecule has 1 aromatic carbocycles. The van der Waals surface area contributed by atoms with Crippen LogP contribution in [0.3, 0.4) is 0 Å². The maximum absolute atomic E-state index is 11.8. The number of hydrogen-bond donors (Lipinski definition) is 3. The molecule has 0 fully saturated rings. The van der Waals surface area contributed by atoms with Crippen LogP contribution in [-0.4, -0.2) is 21.1 Å². The SMILES string of the molecule is NC(=S)c1ccccc1NC(=O)c1ccn[nH]1. The molecule has 0 aliphatic carbocycles. The number of aromatic nitrogens is 2. The summed E-state index contributed by atoms with van der Waals surface area (Å²) in [4.78, 5) is 12.0. The van der Waals surface area contributed by atoms with Crippen LogP contribution in [-0.2, 0) is 0 Å². The summed E-state index contributed by atoms with van der Waals surface area (Å²) in [7, 11) is 0. The molecule has 1 heterocycles. The highest BCUT2D eigenvalue weighted by Crippen LogP contribution is 2.15. The minimum Gasteiger partial charge on any atom is -0.389 e. The van der Waals surface area contributed by atoms with Crippen molar-refractivity contribution < 1.29 is 4.79 Å². The van der Waals surface area contributed by atoms with Crippen molar-refractivity contribution in [1.29, 1.82) is 0 Å². The van der Waals surface area contributed by atoms with Crippen LogP contribution in [0, 0.1) is 0 Å². The molecule has 0 spiro atoms. The van der Waals surface area contributed by atoms with E-state index in [1.807, 2.05) is 0 Å². The predicted molar refractivity (Wildman–Crippen MR) is 68.9 cm³/mol. The zero-order valence-electron chi connectivity index (χ0n) is 8.81. The second kappa shape index (κ2) is 4.75. The number of nitrogens with one attached hydrogen (secondary N) is 2. The van der Waals surface area contributed by atoms with Gasteiger partial charge in [0.25, 0.3) is 5.91 Å². The van der Waals surface area contributed by atoms with Crippen molar-refractivity contribution in [2.75, 3.05) is 5.32 Å². The summed E-state index contributed by atoms with van der Waals surface area (Å²) < 4.78 is 0. The number of para-hydroxylation sites is 1. The van der Waals surface area contributed by atoms with E-state index in [0.29, 0.717) is 16.9 Å². The first-order chi connectivity index (χ1) is 8.18. The Labute approximate surface area is 103 Å². The fraction of sp³-hybridized carbons (Fsp3) is 0. The fourth-order valence-corrected chi connectivity index (χ4v) is 1.56. The zero-order valence-corrected chi connectivity index (χ0v) is 9.62. The van der Waals surface area contributed by atoms with Crippen molar-refractivity contribution in [3.8, 4) is 0 Å². The summed E-state index contributed by atoms with van der Waals surface area (Å²) in [5, 5.41) is 9.00. The van der Waals surface area contributed by atoms with E-state index in [1.54, 1.807) is 30.3 Å². The van der Waals surface area contributed by atoms with E-state index in [9.17, 15) is 4.79 Å². The molecule has 4 N–H and O–H groups in total. The standard InChI is InChI=1S/C11H10N4OS/c12-10(17)7-3-1-2-4-8(7)14-11(16)9-5-6-13-15-9/h1-6H,(H2,12,17)(H,13,15)(H,14,16). The Morgan fingerprint density at radius 3 is 2.76 bits per heavy atom. The summed E-state index contributed by atoms with van der Waals surface area (Å²) in [5.41, 5.74) is 7.16. The first-order valence-electron chi connectivity index (χ1n) is 4.88. The highest BCUT2D eigenvalue weighted by Gasteiger charge is 2.10. The minimum atomic E-state index is -0.286. The van der Waals surface area contributed by atoms with Gasteiger partial charge in [-0.25, -0.2) is 0 Å². The zero-order chi connectivity index (χ0) is 12.3. The lowest BCUT2D eigenvalue weighted by Gasteiger charge is -2.08. The molecule has 2 aromatic rings. The van der Waals surface area contributed by atoms with E-state index in [-0.39, 0.29) is 10.9 Å². The molecule has 0 aliphatic heterocycles. The van der Waals surface area contributed by atoms with E-state index in [2.05, 4.69) is 15.5 Å². The van der Waals surface area contributed by atoms with Crippen molar-refractivity contribution in [2.24, 2.45) is 5.73 Å². The van der Waals surface area contributed by atoms with Crippen molar-refractivity contribution >= 4 is 28.8 Å². The van der Waals surface area contributed by atoms with Gasteiger partial charge >= 0.3 is 0 Å². The number of H-pyrrole nitrogens is 1. The number of carbonyl (C=O) groups is 1. The molecule has 1 aromatic heterocycles. The summed E-state index contributed by atoms with van der Waals surface area (Å²) in [6.45, 7) is 0. The first-order valence-corrected chi connectivity index (χ1v) is 5.29. The van der Waals surface area contributed by atoms with Gasteiger partial charge in [-0.05, 0) is 18.2 Å². The van der Waals surface area contributed by atoms with Crippen LogP contribution in [0.5, 0.6) is 0 Å². The van der Waals surface area contributed by atoms with Gasteiger partial charge in [0.15, 0.2) is 0 Å². The Balaban J connectivity index is 2.25. The van der Waals surface area contributed by atoms with Crippen LogP contribution in [0.1, 0.15) is 16.1 Å². The quantitative estimate of drug-likeness (QED) is 0.713. The molecular weight excluding hydrogens is 236 g/mol. The summed E-state index contributed by atoms with van der Waals surface area (Å²) >= 11 is 4.91. The average Bonchev–Trinajstić information content (AvgIpc) is 2.83. The average molecular weight is 246 g/mol. The van der Waals surface area contributed by atoms with Crippen molar-refractivity contribution in [2.45, 2.75) is 0 Å². The molecule has 6 heteroatoms. The number of thiocarbonyl (C=S) groups is 1. The van der Waals surface area contributed by atoms with Gasteiger partial charge in [0.05, 0.1) is 5.69 Å². The van der Waals surface area contributed by atoms with Crippen LogP contribution >= 0.6 is 12.2 Å². The Morgan fingerprint density at radius 2 is 2.12 bits per heavy atom. The molecule has 0 atom stereocenters. The number of nitrogens with zero attached hydrogens (tertiary/aromatic N) is 1. The third-order valence-electron chi connectivity index (χ3n) is 2.19. The van der Waals surface area contributed by atoms with Gasteiger partial charge in [-0.3, -0.25) is 9.89 Å². The lowest BCUT2D eigenvalue weighted by atomic mass is 10.1. The molecule has 17 heavy (non-hydrogen) atoms. The number of anilines is 1. The minimum absolute atomic E-state index is 0.241. The molecule has 86 valence electrons. The monoisotopic (exact) mass is 246 g/mol. The van der Waals surface area contributed by atoms with Gasteiger partial charge in [-0.1, -0.05) is 24.4 Å². The molecule has 0 aliphatic rings. The van der Waals surface area contributed by atoms with E-state index in [1.165, 1.54) is 6.20 Å². The predicted octanol–water partition coefficient (Wildman–Crippen LogP) is 1.30.